The highest BCUT2D eigenvalue weighted by atomic mass is 32.2. The number of nitrogens with one attached hydrogen (secondary N) is 3. The molecule has 2 aliphatic heterocycles. The first-order chi connectivity index (χ1) is 20.4. The van der Waals surface area contributed by atoms with Crippen LogP contribution in [0.25, 0.3) is 10.8 Å². The molecule has 7 nitrogen and oxygen atoms in total. The number of amides is 3. The molecule has 2 aliphatic rings. The predicted octanol–water partition coefficient (Wildman–Crippen LogP) is 7.86. The number of aliphatic imine (C=N–C) groups is 1. The molecule has 0 saturated carbocycles. The second-order valence-corrected chi connectivity index (χ2v) is 11.8. The van der Waals surface area contributed by atoms with E-state index in [1.807, 2.05) is 99.6 Å². The zero-order valence-corrected chi connectivity index (χ0v) is 24.7. The first-order valence-electron chi connectivity index (χ1n) is 14.1. The van der Waals surface area contributed by atoms with E-state index in [0.717, 1.165) is 68.4 Å². The van der Waals surface area contributed by atoms with Crippen molar-refractivity contribution in [3.63, 3.8) is 0 Å². The summed E-state index contributed by atoms with van der Waals surface area (Å²) in [5.74, 6) is 0.855. The van der Waals surface area contributed by atoms with E-state index in [2.05, 4.69) is 26.9 Å². The standard InChI is InChI=1S/C34H33N5O2S/c1-21-12-17-28(22(2)20-21)37-32(40)30-23(3)35-34-39(18-7-19-42-34)31(30)25-13-15-26(16-14-25)36-33(41)38-29-11-6-9-24-8-4-5-10-27(24)29/h4-6,8-17,20,31H,7,18-19H2,1-3H3,(H,37,40)(H2,36,38,41). The highest BCUT2D eigenvalue weighted by molar-refractivity contribution is 8.13. The number of nitrogens with zero attached hydrogens (tertiary/aromatic N) is 2. The van der Waals surface area contributed by atoms with Crippen LogP contribution in [0.5, 0.6) is 0 Å². The molecule has 0 bridgehead atoms. The third kappa shape index (κ3) is 5.63. The summed E-state index contributed by atoms with van der Waals surface area (Å²) >= 11 is 1.73. The van der Waals surface area contributed by atoms with E-state index in [1.165, 1.54) is 0 Å². The molecular weight excluding hydrogens is 542 g/mol. The van der Waals surface area contributed by atoms with Crippen LogP contribution in [0.4, 0.5) is 21.9 Å². The number of amidine groups is 1. The number of fused-ring (bicyclic) bond motifs is 2. The van der Waals surface area contributed by atoms with Crippen LogP contribution in [0, 0.1) is 13.8 Å². The monoisotopic (exact) mass is 575 g/mol. The first-order valence-corrected chi connectivity index (χ1v) is 15.1. The average molecular weight is 576 g/mol. The summed E-state index contributed by atoms with van der Waals surface area (Å²) in [6.07, 6.45) is 1.01. The van der Waals surface area contributed by atoms with E-state index in [4.69, 9.17) is 4.99 Å². The molecule has 2 heterocycles. The van der Waals surface area contributed by atoms with Gasteiger partial charge in [0.15, 0.2) is 5.17 Å². The number of rotatable bonds is 5. The molecule has 4 aromatic carbocycles. The van der Waals surface area contributed by atoms with E-state index in [1.54, 1.807) is 11.8 Å². The zero-order valence-electron chi connectivity index (χ0n) is 23.9. The molecule has 6 rings (SSSR count). The van der Waals surface area contributed by atoms with Gasteiger partial charge in [-0.15, -0.1) is 0 Å². The number of carbonyl (C=O) groups is 2. The Kier molecular flexibility index (Phi) is 7.71. The maximum Gasteiger partial charge on any atom is 0.323 e. The molecular formula is C34H33N5O2S. The third-order valence-electron chi connectivity index (χ3n) is 7.66. The lowest BCUT2D eigenvalue weighted by Crippen LogP contribution is -2.43. The Morgan fingerprint density at radius 2 is 1.64 bits per heavy atom. The molecule has 0 aromatic heterocycles. The smallest absolute Gasteiger partial charge is 0.323 e. The van der Waals surface area contributed by atoms with Crippen molar-refractivity contribution in [3.05, 3.63) is 113 Å². The van der Waals surface area contributed by atoms with Crippen LogP contribution in [0.3, 0.4) is 0 Å². The van der Waals surface area contributed by atoms with Gasteiger partial charge < -0.3 is 20.9 Å². The lowest BCUT2D eigenvalue weighted by molar-refractivity contribution is -0.113. The fraction of sp³-hybridized carbons (Fsp3) is 0.206. The van der Waals surface area contributed by atoms with Crippen molar-refractivity contribution in [2.45, 2.75) is 33.2 Å². The fourth-order valence-electron chi connectivity index (χ4n) is 5.62. The largest absolute Gasteiger partial charge is 0.340 e. The normalized spacial score (nSPS) is 16.5. The highest BCUT2D eigenvalue weighted by Crippen LogP contribution is 2.40. The van der Waals surface area contributed by atoms with Crippen LogP contribution in [0.15, 0.2) is 101 Å². The topological polar surface area (TPSA) is 85.8 Å². The Balaban J connectivity index is 1.24. The van der Waals surface area contributed by atoms with Crippen molar-refractivity contribution in [1.29, 1.82) is 0 Å². The lowest BCUT2D eigenvalue weighted by atomic mass is 9.93. The molecule has 212 valence electrons. The van der Waals surface area contributed by atoms with Crippen LogP contribution in [0.1, 0.15) is 36.1 Å². The van der Waals surface area contributed by atoms with Gasteiger partial charge in [-0.25, -0.2) is 9.79 Å². The summed E-state index contributed by atoms with van der Waals surface area (Å²) in [7, 11) is 0. The summed E-state index contributed by atoms with van der Waals surface area (Å²) in [5.41, 5.74) is 6.70. The summed E-state index contributed by atoms with van der Waals surface area (Å²) in [6, 6.07) is 26.9. The summed E-state index contributed by atoms with van der Waals surface area (Å²) in [5, 5.41) is 12.0. The number of aryl methyl sites for hydroxylation is 2. The maximum absolute atomic E-state index is 13.8. The number of urea groups is 1. The number of anilines is 3. The van der Waals surface area contributed by atoms with Crippen molar-refractivity contribution in [2.75, 3.05) is 28.2 Å². The third-order valence-corrected chi connectivity index (χ3v) is 8.73. The molecule has 1 fully saturated rings. The average Bonchev–Trinajstić information content (AvgIpc) is 2.98. The summed E-state index contributed by atoms with van der Waals surface area (Å²) < 4.78 is 0. The van der Waals surface area contributed by atoms with Crippen LogP contribution in [0.2, 0.25) is 0 Å². The number of benzene rings is 4. The molecule has 42 heavy (non-hydrogen) atoms. The van der Waals surface area contributed by atoms with Crippen LogP contribution in [-0.2, 0) is 4.79 Å². The van der Waals surface area contributed by atoms with Gasteiger partial charge in [-0.05, 0) is 68.0 Å². The van der Waals surface area contributed by atoms with Crippen molar-refractivity contribution >= 4 is 56.7 Å². The molecule has 1 saturated heterocycles. The van der Waals surface area contributed by atoms with Crippen molar-refractivity contribution in [3.8, 4) is 0 Å². The molecule has 0 spiro atoms. The minimum absolute atomic E-state index is 0.153. The fourth-order valence-corrected chi connectivity index (χ4v) is 6.64. The number of allylic oxidation sites excluding steroid dienone is 1. The van der Waals surface area contributed by atoms with E-state index in [0.29, 0.717) is 11.3 Å². The van der Waals surface area contributed by atoms with Crippen LogP contribution >= 0.6 is 11.8 Å². The molecule has 8 heteroatoms. The number of hydrogen-bond acceptors (Lipinski definition) is 5. The highest BCUT2D eigenvalue weighted by Gasteiger charge is 2.37. The quantitative estimate of drug-likeness (QED) is 0.226. The maximum atomic E-state index is 13.8. The Bertz CT molecular complexity index is 1740. The lowest BCUT2D eigenvalue weighted by Gasteiger charge is -2.41. The molecule has 3 N–H and O–H groups in total. The second kappa shape index (κ2) is 11.7. The number of hydrogen-bond donors (Lipinski definition) is 3. The molecule has 1 unspecified atom stereocenters. The van der Waals surface area contributed by atoms with E-state index < -0.39 is 0 Å². The van der Waals surface area contributed by atoms with Gasteiger partial charge in [0.05, 0.1) is 23.0 Å². The number of carbonyl (C=O) groups excluding carboxylic acids is 2. The predicted molar refractivity (Wildman–Crippen MR) is 174 cm³/mol. The van der Waals surface area contributed by atoms with Gasteiger partial charge in [0.2, 0.25) is 0 Å². The minimum atomic E-state index is -0.317. The van der Waals surface area contributed by atoms with Gasteiger partial charge in [-0.1, -0.05) is 78.0 Å². The summed E-state index contributed by atoms with van der Waals surface area (Å²) in [6.45, 7) is 6.77. The van der Waals surface area contributed by atoms with Gasteiger partial charge in [0.25, 0.3) is 5.91 Å². The molecule has 3 amide bonds. The first kappa shape index (κ1) is 27.6. The van der Waals surface area contributed by atoms with E-state index >= 15 is 0 Å². The second-order valence-electron chi connectivity index (χ2n) is 10.7. The van der Waals surface area contributed by atoms with Gasteiger partial charge in [-0.3, -0.25) is 4.79 Å². The Morgan fingerprint density at radius 1 is 0.857 bits per heavy atom. The number of thioether (sulfide) groups is 1. The van der Waals surface area contributed by atoms with Crippen LogP contribution < -0.4 is 16.0 Å². The molecule has 1 atom stereocenters. The van der Waals surface area contributed by atoms with Gasteiger partial charge >= 0.3 is 6.03 Å². The van der Waals surface area contributed by atoms with Crippen LogP contribution in [-0.4, -0.2) is 34.3 Å². The van der Waals surface area contributed by atoms with Crippen molar-refractivity contribution in [2.24, 2.45) is 4.99 Å². The molecule has 0 radical (unpaired) electrons. The minimum Gasteiger partial charge on any atom is -0.340 e. The summed E-state index contributed by atoms with van der Waals surface area (Å²) in [4.78, 5) is 33.8. The Hall–Kier alpha value is -4.56. The van der Waals surface area contributed by atoms with E-state index in [-0.39, 0.29) is 18.0 Å². The van der Waals surface area contributed by atoms with Gasteiger partial charge in [-0.2, -0.15) is 0 Å². The van der Waals surface area contributed by atoms with Crippen molar-refractivity contribution in [1.82, 2.24) is 4.90 Å². The van der Waals surface area contributed by atoms with Crippen molar-refractivity contribution < 1.29 is 9.59 Å². The molecule has 0 aliphatic carbocycles. The van der Waals surface area contributed by atoms with Gasteiger partial charge in [0.1, 0.15) is 0 Å². The Labute approximate surface area is 250 Å². The van der Waals surface area contributed by atoms with E-state index in [9.17, 15) is 9.59 Å². The zero-order chi connectivity index (χ0) is 29.2. The van der Waals surface area contributed by atoms with Gasteiger partial charge in [0, 0.05) is 29.1 Å². The Morgan fingerprint density at radius 3 is 2.45 bits per heavy atom. The molecule has 4 aromatic rings. The SMILES string of the molecule is CC1=C(C(=O)Nc2ccc(C)cc2C)C(c2ccc(NC(=O)Nc3cccc4ccccc34)cc2)N2CCCSC2=N1.